The van der Waals surface area contributed by atoms with E-state index in [-0.39, 0.29) is 18.5 Å². The van der Waals surface area contributed by atoms with Crippen LogP contribution in [-0.2, 0) is 14.3 Å². The first-order chi connectivity index (χ1) is 37.5. The second-order valence-corrected chi connectivity index (χ2v) is 24.6. The van der Waals surface area contributed by atoms with Crippen molar-refractivity contribution in [3.63, 3.8) is 0 Å². The largest absolute Gasteiger partial charge is 0.466 e. The van der Waals surface area contributed by atoms with Crippen LogP contribution in [0.5, 0.6) is 0 Å². The Morgan fingerprint density at radius 3 is 0.803 bits per heavy atom. The average molecular weight is 1070 g/mol. The molecular formula is C70H139NO5. The zero-order chi connectivity index (χ0) is 55.0. The number of aliphatic hydroxyl groups is 2. The molecule has 0 spiro atoms. The molecule has 76 heavy (non-hydrogen) atoms. The van der Waals surface area contributed by atoms with Crippen LogP contribution in [0.15, 0.2) is 0 Å². The highest BCUT2D eigenvalue weighted by Crippen LogP contribution is 2.20. The van der Waals surface area contributed by atoms with Gasteiger partial charge in [-0.2, -0.15) is 0 Å². The Hall–Kier alpha value is -1.14. The maximum atomic E-state index is 12.5. The summed E-state index contributed by atoms with van der Waals surface area (Å²) in [5, 5.41) is 23.4. The van der Waals surface area contributed by atoms with Crippen LogP contribution >= 0.6 is 0 Å². The van der Waals surface area contributed by atoms with Crippen LogP contribution in [0.2, 0.25) is 0 Å². The number of carbonyl (C=O) groups is 2. The van der Waals surface area contributed by atoms with Crippen LogP contribution in [0.1, 0.15) is 412 Å². The fourth-order valence-electron chi connectivity index (χ4n) is 11.5. The molecule has 0 aromatic carbocycles. The van der Waals surface area contributed by atoms with Gasteiger partial charge in [0.05, 0.1) is 25.4 Å². The zero-order valence-corrected chi connectivity index (χ0v) is 52.0. The molecule has 0 bridgehead atoms. The number of carbonyl (C=O) groups excluding carboxylic acids is 2. The molecule has 0 aromatic rings. The predicted molar refractivity (Wildman–Crippen MR) is 334 cm³/mol. The molecule has 0 radical (unpaired) electrons. The first-order valence-electron chi connectivity index (χ1n) is 35.3. The Morgan fingerprint density at radius 2 is 0.539 bits per heavy atom. The molecule has 0 rings (SSSR count). The van der Waals surface area contributed by atoms with E-state index in [1.54, 1.807) is 0 Å². The van der Waals surface area contributed by atoms with Crippen molar-refractivity contribution in [3.05, 3.63) is 0 Å². The summed E-state index contributed by atoms with van der Waals surface area (Å²) in [5.74, 6) is -0.00525. The zero-order valence-electron chi connectivity index (χ0n) is 52.0. The first-order valence-corrected chi connectivity index (χ1v) is 35.3. The Balaban J connectivity index is 3.32. The summed E-state index contributed by atoms with van der Waals surface area (Å²) < 4.78 is 5.51. The van der Waals surface area contributed by atoms with Gasteiger partial charge in [0.1, 0.15) is 0 Å². The molecular weight excluding hydrogens is 935 g/mol. The van der Waals surface area contributed by atoms with E-state index in [1.165, 1.54) is 340 Å². The maximum absolute atomic E-state index is 12.5. The minimum absolute atomic E-state index is 0.0228. The Bertz CT molecular complexity index is 1100. The van der Waals surface area contributed by atoms with Crippen molar-refractivity contribution in [2.24, 2.45) is 0 Å². The molecule has 0 fully saturated rings. The lowest BCUT2D eigenvalue weighted by atomic mass is 10.0. The quantitative estimate of drug-likeness (QED) is 0.0417. The number of amides is 1. The normalized spacial score (nSPS) is 12.4. The van der Waals surface area contributed by atoms with Crippen LogP contribution < -0.4 is 5.32 Å². The molecule has 0 saturated heterocycles. The lowest BCUT2D eigenvalue weighted by Crippen LogP contribution is -2.45. The van der Waals surface area contributed by atoms with E-state index in [9.17, 15) is 19.8 Å². The molecule has 454 valence electrons. The topological polar surface area (TPSA) is 95.9 Å². The molecule has 6 nitrogen and oxygen atoms in total. The number of rotatable bonds is 67. The van der Waals surface area contributed by atoms with E-state index in [0.29, 0.717) is 25.9 Å². The number of ether oxygens (including phenoxy) is 1. The van der Waals surface area contributed by atoms with Gasteiger partial charge in [-0.25, -0.2) is 0 Å². The molecule has 6 heteroatoms. The molecule has 2 atom stereocenters. The number of unbranched alkanes of at least 4 members (excludes halogenated alkanes) is 56. The molecule has 3 N–H and O–H groups in total. The molecule has 0 aromatic heterocycles. The lowest BCUT2D eigenvalue weighted by Gasteiger charge is -2.22. The van der Waals surface area contributed by atoms with E-state index in [0.717, 1.165) is 38.5 Å². The van der Waals surface area contributed by atoms with Gasteiger partial charge in [0.2, 0.25) is 5.91 Å². The van der Waals surface area contributed by atoms with Crippen LogP contribution in [0, 0.1) is 0 Å². The lowest BCUT2D eigenvalue weighted by molar-refractivity contribution is -0.143. The monoisotopic (exact) mass is 1070 g/mol. The Morgan fingerprint density at radius 1 is 0.316 bits per heavy atom. The van der Waals surface area contributed by atoms with Gasteiger partial charge in [0.25, 0.3) is 0 Å². The van der Waals surface area contributed by atoms with Crippen molar-refractivity contribution in [1.29, 1.82) is 0 Å². The average Bonchev–Trinajstić information content (AvgIpc) is 3.42. The molecule has 0 aliphatic carbocycles. The maximum Gasteiger partial charge on any atom is 0.305 e. The van der Waals surface area contributed by atoms with Gasteiger partial charge in [-0.1, -0.05) is 373 Å². The third-order valence-electron chi connectivity index (χ3n) is 16.9. The SMILES string of the molecule is CCCCCCCCCCCCCCCCCCC(=O)OCCCCCCCCCCCCCCCCCCCCCCCCCCCCCC(=O)NC(CO)C(O)CCCCCCCCCCCCCCCCCC. The molecule has 0 heterocycles. The summed E-state index contributed by atoms with van der Waals surface area (Å²) in [6, 6.07) is -0.538. The fraction of sp³-hybridized carbons (Fsp3) is 0.971. The van der Waals surface area contributed by atoms with Gasteiger partial charge >= 0.3 is 5.97 Å². The smallest absolute Gasteiger partial charge is 0.305 e. The van der Waals surface area contributed by atoms with E-state index in [1.807, 2.05) is 0 Å². The number of aliphatic hydroxyl groups excluding tert-OH is 2. The second kappa shape index (κ2) is 66.4. The van der Waals surface area contributed by atoms with Crippen LogP contribution in [-0.4, -0.2) is 47.4 Å². The van der Waals surface area contributed by atoms with Crippen LogP contribution in [0.3, 0.4) is 0 Å². The van der Waals surface area contributed by atoms with Gasteiger partial charge in [-0.15, -0.1) is 0 Å². The Labute approximate surface area is 476 Å². The summed E-state index contributed by atoms with van der Waals surface area (Å²) in [6.07, 6.45) is 80.1. The minimum atomic E-state index is -0.661. The Kier molecular flexibility index (Phi) is 65.4. The van der Waals surface area contributed by atoms with Crippen molar-refractivity contribution in [1.82, 2.24) is 5.32 Å². The number of nitrogens with one attached hydrogen (secondary N) is 1. The molecule has 0 aliphatic heterocycles. The first kappa shape index (κ1) is 74.9. The summed E-state index contributed by atoms with van der Waals surface area (Å²) in [4.78, 5) is 24.6. The highest BCUT2D eigenvalue weighted by Gasteiger charge is 2.20. The molecule has 0 saturated carbocycles. The summed E-state index contributed by atoms with van der Waals surface area (Å²) in [6.45, 7) is 5.00. The highest BCUT2D eigenvalue weighted by atomic mass is 16.5. The van der Waals surface area contributed by atoms with Crippen molar-refractivity contribution < 1.29 is 24.5 Å². The van der Waals surface area contributed by atoms with E-state index in [4.69, 9.17) is 4.74 Å². The van der Waals surface area contributed by atoms with Crippen molar-refractivity contribution in [3.8, 4) is 0 Å². The fourth-order valence-corrected chi connectivity index (χ4v) is 11.5. The third-order valence-corrected chi connectivity index (χ3v) is 16.9. The van der Waals surface area contributed by atoms with Crippen LogP contribution in [0.4, 0.5) is 0 Å². The summed E-state index contributed by atoms with van der Waals surface area (Å²) >= 11 is 0. The van der Waals surface area contributed by atoms with E-state index < -0.39 is 12.1 Å². The predicted octanol–water partition coefficient (Wildman–Crippen LogP) is 22.6. The van der Waals surface area contributed by atoms with E-state index in [2.05, 4.69) is 19.2 Å². The number of hydrogen-bond acceptors (Lipinski definition) is 5. The van der Waals surface area contributed by atoms with Gasteiger partial charge in [0.15, 0.2) is 0 Å². The summed E-state index contributed by atoms with van der Waals surface area (Å²) in [5.41, 5.74) is 0. The molecule has 0 aliphatic rings. The van der Waals surface area contributed by atoms with E-state index >= 15 is 0 Å². The molecule has 1 amide bonds. The van der Waals surface area contributed by atoms with Gasteiger partial charge in [0, 0.05) is 12.8 Å². The number of esters is 1. The van der Waals surface area contributed by atoms with Gasteiger partial charge < -0.3 is 20.3 Å². The van der Waals surface area contributed by atoms with Gasteiger partial charge in [-0.3, -0.25) is 9.59 Å². The summed E-state index contributed by atoms with van der Waals surface area (Å²) in [7, 11) is 0. The second-order valence-electron chi connectivity index (χ2n) is 24.6. The third kappa shape index (κ3) is 62.1. The number of hydrogen-bond donors (Lipinski definition) is 3. The van der Waals surface area contributed by atoms with Crippen molar-refractivity contribution in [2.75, 3.05) is 13.2 Å². The molecule has 2 unspecified atom stereocenters. The van der Waals surface area contributed by atoms with Crippen molar-refractivity contribution in [2.45, 2.75) is 424 Å². The van der Waals surface area contributed by atoms with Crippen molar-refractivity contribution >= 4 is 11.9 Å². The van der Waals surface area contributed by atoms with Crippen LogP contribution in [0.25, 0.3) is 0 Å². The standard InChI is InChI=1S/C70H139NO5/c1-3-5-7-9-11-13-15-17-19-34-38-42-46-50-54-58-62-68(73)67(66-72)71-69(74)63-59-55-51-47-43-39-35-32-30-28-26-24-22-21-23-25-27-29-31-33-37-41-45-49-53-57-61-65-76-70(75)64-60-56-52-48-44-40-36-20-18-16-14-12-10-8-6-4-2/h67-68,72-73H,3-66H2,1-2H3,(H,71,74). The highest BCUT2D eigenvalue weighted by molar-refractivity contribution is 5.76. The minimum Gasteiger partial charge on any atom is -0.466 e. The van der Waals surface area contributed by atoms with Gasteiger partial charge in [-0.05, 0) is 25.7 Å².